The molecule has 0 fully saturated rings. The van der Waals surface area contributed by atoms with Gasteiger partial charge in [-0.25, -0.2) is 13.1 Å². The van der Waals surface area contributed by atoms with Gasteiger partial charge in [0.15, 0.2) is 0 Å². The van der Waals surface area contributed by atoms with Crippen molar-refractivity contribution in [2.24, 2.45) is 0 Å². The molecule has 8 nitrogen and oxygen atoms in total. The number of halogens is 1. The minimum Gasteiger partial charge on any atom is -0.357 e. The highest BCUT2D eigenvalue weighted by Crippen LogP contribution is 2.22. The van der Waals surface area contributed by atoms with Gasteiger partial charge in [-0.2, -0.15) is 0 Å². The molecule has 0 aliphatic rings. The SMILES string of the molecule is C=CCNS(=O)(=O)c1cc(C(=O)NNC(=O)c2ccc[nH]2)ccc1Cl. The minimum absolute atomic E-state index is 0.00941. The number of nitrogens with one attached hydrogen (secondary N) is 4. The number of hydrogen-bond acceptors (Lipinski definition) is 4. The number of H-pyrrole nitrogens is 1. The van der Waals surface area contributed by atoms with Crippen molar-refractivity contribution >= 4 is 33.4 Å². The average Bonchev–Trinajstić information content (AvgIpc) is 3.12. The van der Waals surface area contributed by atoms with E-state index in [0.29, 0.717) is 0 Å². The lowest BCUT2D eigenvalue weighted by Crippen LogP contribution is -2.41. The summed E-state index contributed by atoms with van der Waals surface area (Å²) in [6.07, 6.45) is 2.93. The lowest BCUT2D eigenvalue weighted by molar-refractivity contribution is 0.0844. The summed E-state index contributed by atoms with van der Waals surface area (Å²) in [6, 6.07) is 6.89. The molecule has 0 aliphatic carbocycles. The second-order valence-corrected chi connectivity index (χ2v) is 6.92. The summed E-state index contributed by atoms with van der Waals surface area (Å²) in [5, 5.41) is -0.0384. The zero-order chi connectivity index (χ0) is 18.4. The van der Waals surface area contributed by atoms with Crippen molar-refractivity contribution in [2.45, 2.75) is 4.90 Å². The zero-order valence-electron chi connectivity index (χ0n) is 12.9. The van der Waals surface area contributed by atoms with E-state index in [0.717, 1.165) is 6.07 Å². The van der Waals surface area contributed by atoms with Crippen LogP contribution in [0.1, 0.15) is 20.8 Å². The molecule has 132 valence electrons. The van der Waals surface area contributed by atoms with E-state index in [1.165, 1.54) is 24.3 Å². The van der Waals surface area contributed by atoms with E-state index in [1.54, 1.807) is 12.3 Å². The van der Waals surface area contributed by atoms with E-state index in [4.69, 9.17) is 11.6 Å². The van der Waals surface area contributed by atoms with Gasteiger partial charge >= 0.3 is 0 Å². The summed E-state index contributed by atoms with van der Waals surface area (Å²) >= 11 is 5.91. The Morgan fingerprint density at radius 2 is 1.92 bits per heavy atom. The van der Waals surface area contributed by atoms with Crippen LogP contribution in [0.15, 0.2) is 54.1 Å². The number of carbonyl (C=O) groups is 2. The number of rotatable bonds is 6. The summed E-state index contributed by atoms with van der Waals surface area (Å²) in [5.74, 6) is -1.25. The second kappa shape index (κ2) is 7.97. The Balaban J connectivity index is 2.14. The predicted molar refractivity (Wildman–Crippen MR) is 92.6 cm³/mol. The van der Waals surface area contributed by atoms with Crippen LogP contribution in [0.5, 0.6) is 0 Å². The molecule has 0 spiro atoms. The van der Waals surface area contributed by atoms with Crippen molar-refractivity contribution in [1.82, 2.24) is 20.6 Å². The third kappa shape index (κ3) is 4.69. The van der Waals surface area contributed by atoms with E-state index >= 15 is 0 Å². The van der Waals surface area contributed by atoms with Gasteiger partial charge in [-0.3, -0.25) is 20.4 Å². The Hall–Kier alpha value is -2.62. The molecule has 0 atom stereocenters. The lowest BCUT2D eigenvalue weighted by Gasteiger charge is -2.10. The van der Waals surface area contributed by atoms with Gasteiger partial charge in [-0.15, -0.1) is 6.58 Å². The summed E-state index contributed by atoms with van der Waals surface area (Å²) in [7, 11) is -3.90. The van der Waals surface area contributed by atoms with Crippen molar-refractivity contribution in [1.29, 1.82) is 0 Å². The molecule has 0 bridgehead atoms. The van der Waals surface area contributed by atoms with Gasteiger partial charge in [-0.1, -0.05) is 17.7 Å². The minimum atomic E-state index is -3.90. The predicted octanol–water partition coefficient (Wildman–Crippen LogP) is 1.21. The highest BCUT2D eigenvalue weighted by molar-refractivity contribution is 7.89. The monoisotopic (exact) mass is 382 g/mol. The fraction of sp³-hybridized carbons (Fsp3) is 0.0667. The highest BCUT2D eigenvalue weighted by Gasteiger charge is 2.19. The van der Waals surface area contributed by atoms with E-state index in [1.807, 2.05) is 0 Å². The smallest absolute Gasteiger partial charge is 0.286 e. The number of sulfonamides is 1. The number of amides is 2. The standard InChI is InChI=1S/C15H15ClN4O4S/c1-2-7-18-25(23,24)13-9-10(5-6-11(13)16)14(21)19-20-15(22)12-4-3-8-17-12/h2-6,8-9,17-18H,1,7H2,(H,19,21)(H,20,22). The number of carbonyl (C=O) groups excluding carboxylic acids is 2. The van der Waals surface area contributed by atoms with Gasteiger partial charge in [0.05, 0.1) is 5.02 Å². The van der Waals surface area contributed by atoms with Crippen LogP contribution in [0.4, 0.5) is 0 Å². The van der Waals surface area contributed by atoms with Gasteiger partial charge in [0, 0.05) is 18.3 Å². The first-order chi connectivity index (χ1) is 11.8. The molecular formula is C15H15ClN4O4S. The van der Waals surface area contributed by atoms with Crippen LogP contribution in [-0.4, -0.2) is 31.8 Å². The summed E-state index contributed by atoms with van der Waals surface area (Å²) in [6.45, 7) is 3.44. The summed E-state index contributed by atoms with van der Waals surface area (Å²) < 4.78 is 26.6. The first-order valence-electron chi connectivity index (χ1n) is 6.99. The molecule has 25 heavy (non-hydrogen) atoms. The number of aromatic nitrogens is 1. The molecule has 4 N–H and O–H groups in total. The summed E-state index contributed by atoms with van der Waals surface area (Å²) in [4.78, 5) is 26.3. The van der Waals surface area contributed by atoms with Crippen LogP contribution in [-0.2, 0) is 10.0 Å². The third-order valence-corrected chi connectivity index (χ3v) is 4.94. The Labute approximate surface area is 149 Å². The van der Waals surface area contributed by atoms with Crippen molar-refractivity contribution in [3.63, 3.8) is 0 Å². The molecule has 0 unspecified atom stereocenters. The van der Waals surface area contributed by atoms with E-state index in [-0.39, 0.29) is 27.7 Å². The van der Waals surface area contributed by atoms with Crippen molar-refractivity contribution in [3.05, 3.63) is 65.5 Å². The molecule has 0 saturated heterocycles. The normalized spacial score (nSPS) is 10.9. The maximum atomic E-state index is 12.2. The Morgan fingerprint density at radius 3 is 2.56 bits per heavy atom. The molecule has 2 aromatic rings. The Bertz CT molecular complexity index is 894. The zero-order valence-corrected chi connectivity index (χ0v) is 14.4. The third-order valence-electron chi connectivity index (χ3n) is 3.03. The number of aromatic amines is 1. The van der Waals surface area contributed by atoms with Gasteiger partial charge < -0.3 is 4.98 Å². The molecular weight excluding hydrogens is 368 g/mol. The Kier molecular flexibility index (Phi) is 5.97. The molecule has 1 aromatic carbocycles. The number of benzene rings is 1. The second-order valence-electron chi connectivity index (χ2n) is 4.78. The summed E-state index contributed by atoms with van der Waals surface area (Å²) in [5.41, 5.74) is 4.67. The van der Waals surface area contributed by atoms with E-state index in [2.05, 4.69) is 27.1 Å². The van der Waals surface area contributed by atoms with Crippen molar-refractivity contribution in [3.8, 4) is 0 Å². The Morgan fingerprint density at radius 1 is 1.20 bits per heavy atom. The van der Waals surface area contributed by atoms with Gasteiger partial charge in [0.1, 0.15) is 10.6 Å². The van der Waals surface area contributed by atoms with Crippen molar-refractivity contribution < 1.29 is 18.0 Å². The molecule has 0 radical (unpaired) electrons. The quantitative estimate of drug-likeness (QED) is 0.443. The number of hydrogen-bond donors (Lipinski definition) is 4. The van der Waals surface area contributed by atoms with Crippen LogP contribution >= 0.6 is 11.6 Å². The van der Waals surface area contributed by atoms with Crippen LogP contribution in [0.3, 0.4) is 0 Å². The van der Waals surface area contributed by atoms with Crippen molar-refractivity contribution in [2.75, 3.05) is 6.54 Å². The molecule has 0 saturated carbocycles. The maximum Gasteiger partial charge on any atom is 0.286 e. The fourth-order valence-corrected chi connectivity index (χ4v) is 3.34. The van der Waals surface area contributed by atoms with Crippen LogP contribution < -0.4 is 15.6 Å². The largest absolute Gasteiger partial charge is 0.357 e. The highest BCUT2D eigenvalue weighted by atomic mass is 35.5. The molecule has 2 amide bonds. The molecule has 10 heteroatoms. The average molecular weight is 383 g/mol. The molecule has 1 heterocycles. The van der Waals surface area contributed by atoms with E-state index < -0.39 is 21.8 Å². The molecule has 2 rings (SSSR count). The first kappa shape index (κ1) is 18.7. The van der Waals surface area contributed by atoms with Gasteiger partial charge in [0.2, 0.25) is 10.0 Å². The lowest BCUT2D eigenvalue weighted by atomic mass is 10.2. The van der Waals surface area contributed by atoms with Gasteiger partial charge in [0.25, 0.3) is 11.8 Å². The number of hydrazine groups is 1. The fourth-order valence-electron chi connectivity index (χ4n) is 1.82. The first-order valence-corrected chi connectivity index (χ1v) is 8.85. The van der Waals surface area contributed by atoms with Gasteiger partial charge in [-0.05, 0) is 30.3 Å². The van der Waals surface area contributed by atoms with Crippen LogP contribution in [0.25, 0.3) is 0 Å². The molecule has 1 aromatic heterocycles. The maximum absolute atomic E-state index is 12.2. The van der Waals surface area contributed by atoms with Crippen LogP contribution in [0, 0.1) is 0 Å². The molecule has 0 aliphatic heterocycles. The topological polar surface area (TPSA) is 120 Å². The van der Waals surface area contributed by atoms with Crippen LogP contribution in [0.2, 0.25) is 5.02 Å². The van der Waals surface area contributed by atoms with E-state index in [9.17, 15) is 18.0 Å².